The molecule has 0 radical (unpaired) electrons. The number of anilines is 1. The van der Waals surface area contributed by atoms with Gasteiger partial charge in [-0.2, -0.15) is 0 Å². The first-order valence-electron chi connectivity index (χ1n) is 9.72. The van der Waals surface area contributed by atoms with E-state index in [1.165, 1.54) is 12.1 Å². The zero-order valence-corrected chi connectivity index (χ0v) is 18.6. The maximum Gasteiger partial charge on any atom is 0.174 e. The average molecular weight is 494 g/mol. The lowest BCUT2D eigenvalue weighted by Crippen LogP contribution is -2.29. The van der Waals surface area contributed by atoms with Gasteiger partial charge in [0.25, 0.3) is 0 Å². The Morgan fingerprint density at radius 1 is 0.968 bits per heavy atom. The number of pyridine rings is 1. The third-order valence-electron chi connectivity index (χ3n) is 5.25. The van der Waals surface area contributed by atoms with Crippen molar-refractivity contribution in [3.63, 3.8) is 0 Å². The minimum absolute atomic E-state index is 0.190. The number of benzene rings is 2. The van der Waals surface area contributed by atoms with Crippen molar-refractivity contribution < 1.29 is 8.81 Å². The Labute approximate surface area is 192 Å². The van der Waals surface area contributed by atoms with Crippen molar-refractivity contribution in [1.82, 2.24) is 10.3 Å². The number of nitrogens with one attached hydrogen (secondary N) is 1. The van der Waals surface area contributed by atoms with Gasteiger partial charge in [0.15, 0.2) is 5.11 Å². The molecule has 0 saturated carbocycles. The molecule has 31 heavy (non-hydrogen) atoms. The number of hydrogen-bond donors (Lipinski definition) is 1. The van der Waals surface area contributed by atoms with Crippen molar-refractivity contribution in [3.05, 3.63) is 107 Å². The molecule has 0 amide bonds. The summed E-state index contributed by atoms with van der Waals surface area (Å²) in [6, 6.07) is 23.5. The largest absolute Gasteiger partial charge is 0.459 e. The summed E-state index contributed by atoms with van der Waals surface area (Å²) in [6.45, 7) is 0. The third-order valence-corrected chi connectivity index (χ3v) is 6.09. The SMILES string of the molecule is Fc1ccc(-c2ccc([C@H]3[C@H](c4ccccn4)NC(=S)N3c3ccc(Br)cc3)o2)cc1. The molecule has 2 aromatic heterocycles. The number of hydrogen-bond acceptors (Lipinski definition) is 3. The minimum atomic E-state index is -0.280. The summed E-state index contributed by atoms with van der Waals surface area (Å²) in [5.74, 6) is 1.13. The lowest BCUT2D eigenvalue weighted by Gasteiger charge is -2.26. The lowest BCUT2D eigenvalue weighted by atomic mass is 10.0. The third kappa shape index (κ3) is 3.86. The highest BCUT2D eigenvalue weighted by atomic mass is 79.9. The van der Waals surface area contributed by atoms with Crippen LogP contribution in [0.15, 0.2) is 93.9 Å². The molecule has 1 fully saturated rings. The van der Waals surface area contributed by atoms with Gasteiger partial charge < -0.3 is 14.6 Å². The van der Waals surface area contributed by atoms with Crippen molar-refractivity contribution in [1.29, 1.82) is 0 Å². The molecule has 3 heterocycles. The van der Waals surface area contributed by atoms with E-state index in [0.29, 0.717) is 10.9 Å². The number of furan rings is 1. The normalized spacial score (nSPS) is 18.3. The monoisotopic (exact) mass is 493 g/mol. The Bertz CT molecular complexity index is 1210. The van der Waals surface area contributed by atoms with Gasteiger partial charge in [0.05, 0.1) is 11.7 Å². The number of nitrogens with zero attached hydrogens (tertiary/aromatic N) is 2. The van der Waals surface area contributed by atoms with Crippen LogP contribution in [0.3, 0.4) is 0 Å². The van der Waals surface area contributed by atoms with Crippen molar-refractivity contribution in [2.75, 3.05) is 4.90 Å². The zero-order valence-electron chi connectivity index (χ0n) is 16.2. The van der Waals surface area contributed by atoms with E-state index in [1.807, 2.05) is 59.5 Å². The van der Waals surface area contributed by atoms with E-state index in [2.05, 4.69) is 26.2 Å². The van der Waals surface area contributed by atoms with Gasteiger partial charge in [0, 0.05) is 21.9 Å². The van der Waals surface area contributed by atoms with Crippen molar-refractivity contribution >= 4 is 38.9 Å². The Kier molecular flexibility index (Phi) is 5.29. The smallest absolute Gasteiger partial charge is 0.174 e. The van der Waals surface area contributed by atoms with E-state index in [4.69, 9.17) is 16.6 Å². The fourth-order valence-corrected chi connectivity index (χ4v) is 4.41. The van der Waals surface area contributed by atoms with Crippen LogP contribution in [0, 0.1) is 5.82 Å². The quantitative estimate of drug-likeness (QED) is 0.332. The highest BCUT2D eigenvalue weighted by Crippen LogP contribution is 2.43. The molecule has 1 aliphatic heterocycles. The zero-order chi connectivity index (χ0) is 21.4. The predicted octanol–water partition coefficient (Wildman–Crippen LogP) is 6.42. The molecule has 1 saturated heterocycles. The first kappa shape index (κ1) is 19.9. The molecule has 4 aromatic rings. The predicted molar refractivity (Wildman–Crippen MR) is 126 cm³/mol. The Balaban J connectivity index is 1.59. The van der Waals surface area contributed by atoms with Gasteiger partial charge in [-0.1, -0.05) is 22.0 Å². The molecule has 0 aliphatic carbocycles. The summed E-state index contributed by atoms with van der Waals surface area (Å²) in [7, 11) is 0. The van der Waals surface area contributed by atoms with Crippen molar-refractivity contribution in [3.8, 4) is 11.3 Å². The standard InChI is InChI=1S/C24H17BrFN3OS/c25-16-6-10-18(11-7-16)29-23(22(28-24(29)31)19-3-1-2-14-27-19)21-13-12-20(30-21)15-4-8-17(26)9-5-15/h1-14,22-23H,(H,28,31)/t22-,23-/m0/s1. The maximum atomic E-state index is 13.3. The first-order valence-corrected chi connectivity index (χ1v) is 10.9. The van der Waals surface area contributed by atoms with Crippen LogP contribution in [0.2, 0.25) is 0 Å². The molecule has 1 N–H and O–H groups in total. The summed E-state index contributed by atoms with van der Waals surface area (Å²) >= 11 is 9.21. The molecular weight excluding hydrogens is 477 g/mol. The fraction of sp³-hybridized carbons (Fsp3) is 0.0833. The van der Waals surface area contributed by atoms with E-state index in [9.17, 15) is 4.39 Å². The van der Waals surface area contributed by atoms with Crippen molar-refractivity contribution in [2.24, 2.45) is 0 Å². The van der Waals surface area contributed by atoms with E-state index in [0.717, 1.165) is 27.2 Å². The Morgan fingerprint density at radius 2 is 1.74 bits per heavy atom. The lowest BCUT2D eigenvalue weighted by molar-refractivity contribution is 0.439. The fourth-order valence-electron chi connectivity index (χ4n) is 3.80. The van der Waals surface area contributed by atoms with Gasteiger partial charge >= 0.3 is 0 Å². The second-order valence-electron chi connectivity index (χ2n) is 7.18. The molecule has 154 valence electrons. The molecule has 0 unspecified atom stereocenters. The van der Waals surface area contributed by atoms with Crippen LogP contribution in [-0.4, -0.2) is 10.1 Å². The summed E-state index contributed by atoms with van der Waals surface area (Å²) in [6.07, 6.45) is 1.77. The van der Waals surface area contributed by atoms with E-state index in [1.54, 1.807) is 18.3 Å². The summed E-state index contributed by atoms with van der Waals surface area (Å²) in [4.78, 5) is 6.60. The van der Waals surface area contributed by atoms with Crippen LogP contribution in [0.25, 0.3) is 11.3 Å². The number of rotatable bonds is 4. The number of halogens is 2. The molecule has 1 aliphatic rings. The molecule has 0 spiro atoms. The van der Waals surface area contributed by atoms with Gasteiger partial charge in [-0.05, 0) is 85.0 Å². The topological polar surface area (TPSA) is 41.3 Å². The maximum absolute atomic E-state index is 13.3. The first-order chi connectivity index (χ1) is 15.1. The number of thiocarbonyl (C=S) groups is 1. The number of aromatic nitrogens is 1. The van der Waals surface area contributed by atoms with E-state index < -0.39 is 0 Å². The van der Waals surface area contributed by atoms with Crippen LogP contribution < -0.4 is 10.2 Å². The highest BCUT2D eigenvalue weighted by molar-refractivity contribution is 9.10. The second kappa shape index (κ2) is 8.24. The molecule has 4 nitrogen and oxygen atoms in total. The van der Waals surface area contributed by atoms with Gasteiger partial charge in [-0.3, -0.25) is 4.98 Å². The minimum Gasteiger partial charge on any atom is -0.459 e. The summed E-state index contributed by atoms with van der Waals surface area (Å²) < 4.78 is 20.6. The van der Waals surface area contributed by atoms with Gasteiger partial charge in [-0.25, -0.2) is 4.39 Å². The average Bonchev–Trinajstić information content (AvgIpc) is 3.40. The van der Waals surface area contributed by atoms with Crippen LogP contribution in [0.4, 0.5) is 10.1 Å². The van der Waals surface area contributed by atoms with Gasteiger partial charge in [-0.15, -0.1) is 0 Å². The Hall–Kier alpha value is -3.03. The van der Waals surface area contributed by atoms with Gasteiger partial charge in [0.2, 0.25) is 0 Å². The molecule has 2 aromatic carbocycles. The molecule has 2 atom stereocenters. The molecule has 7 heteroatoms. The van der Waals surface area contributed by atoms with Crippen LogP contribution in [0.5, 0.6) is 0 Å². The van der Waals surface area contributed by atoms with Gasteiger partial charge in [0.1, 0.15) is 23.4 Å². The summed E-state index contributed by atoms with van der Waals surface area (Å²) in [5.41, 5.74) is 2.63. The molecule has 0 bridgehead atoms. The van der Waals surface area contributed by atoms with E-state index in [-0.39, 0.29) is 17.9 Å². The van der Waals surface area contributed by atoms with Crippen LogP contribution in [-0.2, 0) is 0 Å². The Morgan fingerprint density at radius 3 is 2.45 bits per heavy atom. The van der Waals surface area contributed by atoms with E-state index >= 15 is 0 Å². The summed E-state index contributed by atoms with van der Waals surface area (Å²) in [5, 5.41) is 4.01. The molecular formula is C24H17BrFN3OS. The van der Waals surface area contributed by atoms with Crippen LogP contribution >= 0.6 is 28.1 Å². The highest BCUT2D eigenvalue weighted by Gasteiger charge is 2.42. The van der Waals surface area contributed by atoms with Crippen molar-refractivity contribution in [2.45, 2.75) is 12.1 Å². The molecule has 5 rings (SSSR count). The second-order valence-corrected chi connectivity index (χ2v) is 8.48. The van der Waals surface area contributed by atoms with Crippen LogP contribution in [0.1, 0.15) is 23.5 Å².